The molecule has 2 heteroatoms. The van der Waals surface area contributed by atoms with E-state index in [2.05, 4.69) is 26.1 Å². The number of hydrogen-bond donors (Lipinski definition) is 2. The van der Waals surface area contributed by atoms with Gasteiger partial charge in [-0.15, -0.1) is 0 Å². The molecule has 0 aliphatic heterocycles. The molecule has 11 heavy (non-hydrogen) atoms. The summed E-state index contributed by atoms with van der Waals surface area (Å²) in [4.78, 5) is 0. The molecule has 0 saturated carbocycles. The van der Waals surface area contributed by atoms with E-state index in [1.54, 1.807) is 0 Å². The van der Waals surface area contributed by atoms with E-state index in [0.29, 0.717) is 11.5 Å². The van der Waals surface area contributed by atoms with Crippen molar-refractivity contribution in [3.05, 3.63) is 0 Å². The van der Waals surface area contributed by atoms with Gasteiger partial charge in [-0.3, -0.25) is 0 Å². The van der Waals surface area contributed by atoms with Crippen LogP contribution in [-0.2, 0) is 0 Å². The Kier molecular flexibility index (Phi) is 4.69. The summed E-state index contributed by atoms with van der Waals surface area (Å²) in [7, 11) is 1.99. The van der Waals surface area contributed by atoms with Gasteiger partial charge >= 0.3 is 0 Å². The van der Waals surface area contributed by atoms with E-state index in [0.717, 1.165) is 13.0 Å². The predicted octanol–water partition coefficient (Wildman–Crippen LogP) is 1.36. The molecule has 0 fully saturated rings. The molecule has 0 aliphatic rings. The zero-order valence-corrected chi connectivity index (χ0v) is 8.28. The average Bonchev–Trinajstić information content (AvgIpc) is 1.81. The SMILES string of the molecule is CNCCC(C)(C)CC(C)N. The van der Waals surface area contributed by atoms with Gasteiger partial charge in [0, 0.05) is 6.04 Å². The van der Waals surface area contributed by atoms with E-state index in [9.17, 15) is 0 Å². The monoisotopic (exact) mass is 158 g/mol. The van der Waals surface area contributed by atoms with E-state index in [1.165, 1.54) is 6.42 Å². The highest BCUT2D eigenvalue weighted by atomic mass is 14.8. The standard InChI is InChI=1S/C9H22N2/c1-8(10)7-9(2,3)5-6-11-4/h8,11H,5-7,10H2,1-4H3. The minimum atomic E-state index is 0.321. The highest BCUT2D eigenvalue weighted by molar-refractivity contribution is 4.73. The fourth-order valence-corrected chi connectivity index (χ4v) is 1.44. The first-order valence-electron chi connectivity index (χ1n) is 4.38. The molecule has 3 N–H and O–H groups in total. The Morgan fingerprint density at radius 2 is 2.00 bits per heavy atom. The molecule has 2 nitrogen and oxygen atoms in total. The predicted molar refractivity (Wildman–Crippen MR) is 50.6 cm³/mol. The first kappa shape index (κ1) is 10.9. The van der Waals surface area contributed by atoms with Gasteiger partial charge in [0.1, 0.15) is 0 Å². The van der Waals surface area contributed by atoms with Gasteiger partial charge in [-0.1, -0.05) is 13.8 Å². The first-order chi connectivity index (χ1) is 4.98. The highest BCUT2D eigenvalue weighted by Crippen LogP contribution is 2.25. The molecule has 0 aliphatic carbocycles. The van der Waals surface area contributed by atoms with E-state index in [1.807, 2.05) is 7.05 Å². The first-order valence-corrected chi connectivity index (χ1v) is 4.38. The normalized spacial score (nSPS) is 15.0. The van der Waals surface area contributed by atoms with Crippen molar-refractivity contribution < 1.29 is 0 Å². The van der Waals surface area contributed by atoms with Crippen LogP contribution in [0.25, 0.3) is 0 Å². The number of hydrogen-bond acceptors (Lipinski definition) is 2. The molecule has 1 unspecified atom stereocenters. The van der Waals surface area contributed by atoms with Crippen LogP contribution in [0.5, 0.6) is 0 Å². The lowest BCUT2D eigenvalue weighted by molar-refractivity contribution is 0.286. The van der Waals surface area contributed by atoms with Crippen LogP contribution < -0.4 is 11.1 Å². The van der Waals surface area contributed by atoms with Gasteiger partial charge in [-0.2, -0.15) is 0 Å². The summed E-state index contributed by atoms with van der Waals surface area (Å²) in [5.74, 6) is 0. The molecule has 0 saturated heterocycles. The summed E-state index contributed by atoms with van der Waals surface area (Å²) in [6, 6.07) is 0.321. The van der Waals surface area contributed by atoms with Crippen molar-refractivity contribution in [2.75, 3.05) is 13.6 Å². The maximum atomic E-state index is 5.73. The van der Waals surface area contributed by atoms with Crippen molar-refractivity contribution in [1.82, 2.24) is 5.32 Å². The Bertz CT molecular complexity index is 97.7. The molecule has 0 spiro atoms. The topological polar surface area (TPSA) is 38.0 Å². The van der Waals surface area contributed by atoms with Crippen LogP contribution in [0.3, 0.4) is 0 Å². The quantitative estimate of drug-likeness (QED) is 0.634. The van der Waals surface area contributed by atoms with Gasteiger partial charge < -0.3 is 11.1 Å². The smallest absolute Gasteiger partial charge is 0.00155 e. The van der Waals surface area contributed by atoms with Crippen molar-refractivity contribution >= 4 is 0 Å². The van der Waals surface area contributed by atoms with Crippen molar-refractivity contribution in [2.24, 2.45) is 11.1 Å². The Morgan fingerprint density at radius 1 is 1.45 bits per heavy atom. The van der Waals surface area contributed by atoms with Crippen molar-refractivity contribution in [1.29, 1.82) is 0 Å². The van der Waals surface area contributed by atoms with E-state index < -0.39 is 0 Å². The molecular weight excluding hydrogens is 136 g/mol. The zero-order valence-electron chi connectivity index (χ0n) is 8.28. The van der Waals surface area contributed by atoms with Crippen LogP contribution in [0.1, 0.15) is 33.6 Å². The summed E-state index contributed by atoms with van der Waals surface area (Å²) in [5, 5.41) is 3.16. The van der Waals surface area contributed by atoms with Crippen molar-refractivity contribution in [2.45, 2.75) is 39.7 Å². The second kappa shape index (κ2) is 4.73. The molecule has 0 radical (unpaired) electrons. The van der Waals surface area contributed by atoms with E-state index in [-0.39, 0.29) is 0 Å². The lowest BCUT2D eigenvalue weighted by Gasteiger charge is -2.26. The Morgan fingerprint density at radius 3 is 2.36 bits per heavy atom. The summed E-state index contributed by atoms with van der Waals surface area (Å²) in [6.45, 7) is 7.70. The molecular formula is C9H22N2. The minimum Gasteiger partial charge on any atom is -0.328 e. The molecule has 0 bridgehead atoms. The molecule has 0 aromatic carbocycles. The van der Waals surface area contributed by atoms with E-state index >= 15 is 0 Å². The van der Waals surface area contributed by atoms with Crippen molar-refractivity contribution in [3.8, 4) is 0 Å². The molecule has 0 heterocycles. The number of nitrogens with one attached hydrogen (secondary N) is 1. The minimum absolute atomic E-state index is 0.321. The second-order valence-electron chi connectivity index (χ2n) is 4.20. The molecule has 68 valence electrons. The highest BCUT2D eigenvalue weighted by Gasteiger charge is 2.18. The third-order valence-corrected chi connectivity index (χ3v) is 1.93. The van der Waals surface area contributed by atoms with Gasteiger partial charge in [0.15, 0.2) is 0 Å². The van der Waals surface area contributed by atoms with Crippen LogP contribution in [0.4, 0.5) is 0 Å². The molecule has 0 aromatic heterocycles. The van der Waals surface area contributed by atoms with Crippen LogP contribution in [0.2, 0.25) is 0 Å². The lowest BCUT2D eigenvalue weighted by atomic mass is 9.83. The third-order valence-electron chi connectivity index (χ3n) is 1.93. The largest absolute Gasteiger partial charge is 0.328 e. The zero-order chi connectivity index (χ0) is 8.91. The molecule has 0 rings (SSSR count). The summed E-state index contributed by atoms with van der Waals surface area (Å²) < 4.78 is 0. The lowest BCUT2D eigenvalue weighted by Crippen LogP contribution is -2.27. The maximum absolute atomic E-state index is 5.73. The van der Waals surface area contributed by atoms with Gasteiger partial charge in [0.05, 0.1) is 0 Å². The van der Waals surface area contributed by atoms with E-state index in [4.69, 9.17) is 5.73 Å². The van der Waals surface area contributed by atoms with Crippen LogP contribution in [-0.4, -0.2) is 19.6 Å². The van der Waals surface area contributed by atoms with Crippen molar-refractivity contribution in [3.63, 3.8) is 0 Å². The average molecular weight is 158 g/mol. The fourth-order valence-electron chi connectivity index (χ4n) is 1.44. The van der Waals surface area contributed by atoms with Gasteiger partial charge in [0.25, 0.3) is 0 Å². The van der Waals surface area contributed by atoms with Crippen LogP contribution in [0, 0.1) is 5.41 Å². The van der Waals surface area contributed by atoms with Crippen LogP contribution in [0.15, 0.2) is 0 Å². The van der Waals surface area contributed by atoms with Crippen LogP contribution >= 0.6 is 0 Å². The maximum Gasteiger partial charge on any atom is 0.00155 e. The summed E-state index contributed by atoms with van der Waals surface area (Å²) in [5.41, 5.74) is 6.12. The number of rotatable bonds is 5. The van der Waals surface area contributed by atoms with Gasteiger partial charge in [-0.25, -0.2) is 0 Å². The number of nitrogens with two attached hydrogens (primary N) is 1. The Balaban J connectivity index is 3.61. The molecule has 1 atom stereocenters. The fraction of sp³-hybridized carbons (Fsp3) is 1.00. The summed E-state index contributed by atoms with van der Waals surface area (Å²) >= 11 is 0. The van der Waals surface area contributed by atoms with Gasteiger partial charge in [0.2, 0.25) is 0 Å². The molecule has 0 aromatic rings. The third kappa shape index (κ3) is 6.32. The Hall–Kier alpha value is -0.0800. The Labute approximate surface area is 70.5 Å². The second-order valence-corrected chi connectivity index (χ2v) is 4.20. The van der Waals surface area contributed by atoms with Gasteiger partial charge in [-0.05, 0) is 38.8 Å². The summed E-state index contributed by atoms with van der Waals surface area (Å²) in [6.07, 6.45) is 2.31. The molecule has 0 amide bonds.